The van der Waals surface area contributed by atoms with Gasteiger partial charge in [0.25, 0.3) is 0 Å². The zero-order valence-electron chi connectivity index (χ0n) is 13.5. The van der Waals surface area contributed by atoms with Crippen molar-refractivity contribution in [3.05, 3.63) is 17.7 Å². The van der Waals surface area contributed by atoms with E-state index in [2.05, 4.69) is 4.72 Å². The monoisotopic (exact) mass is 327 g/mol. The Morgan fingerprint density at radius 3 is 2.23 bits per heavy atom. The van der Waals surface area contributed by atoms with Crippen molar-refractivity contribution in [3.8, 4) is 11.5 Å². The first-order valence-corrected chi connectivity index (χ1v) is 9.22. The molecule has 1 saturated carbocycles. The zero-order chi connectivity index (χ0) is 16.2. The van der Waals surface area contributed by atoms with Crippen molar-refractivity contribution in [1.29, 1.82) is 0 Å². The van der Waals surface area contributed by atoms with Gasteiger partial charge in [0, 0.05) is 11.6 Å². The number of hydrogen-bond donors (Lipinski definition) is 1. The number of hydrogen-bond acceptors (Lipinski definition) is 4. The van der Waals surface area contributed by atoms with E-state index in [-0.39, 0.29) is 10.9 Å². The smallest absolute Gasteiger partial charge is 0.244 e. The van der Waals surface area contributed by atoms with Gasteiger partial charge >= 0.3 is 0 Å². The predicted octanol–water partition coefficient (Wildman–Crippen LogP) is 3.01. The van der Waals surface area contributed by atoms with Crippen LogP contribution in [0.2, 0.25) is 0 Å². The van der Waals surface area contributed by atoms with Gasteiger partial charge in [-0.1, -0.05) is 25.7 Å². The van der Waals surface area contributed by atoms with Crippen LogP contribution in [0.5, 0.6) is 11.5 Å². The van der Waals surface area contributed by atoms with Crippen LogP contribution in [0.25, 0.3) is 0 Å². The highest BCUT2D eigenvalue weighted by Crippen LogP contribution is 2.34. The molecule has 0 heterocycles. The molecule has 1 aromatic rings. The van der Waals surface area contributed by atoms with Crippen LogP contribution < -0.4 is 14.2 Å². The fraction of sp³-hybridized carbons (Fsp3) is 0.625. The Morgan fingerprint density at radius 2 is 1.68 bits per heavy atom. The topological polar surface area (TPSA) is 64.6 Å². The molecule has 0 atom stereocenters. The molecule has 0 saturated heterocycles. The van der Waals surface area contributed by atoms with Gasteiger partial charge in [-0.3, -0.25) is 0 Å². The molecule has 0 aromatic heterocycles. The molecule has 0 unspecified atom stereocenters. The molecule has 1 aliphatic carbocycles. The van der Waals surface area contributed by atoms with Crippen LogP contribution in [0, 0.1) is 6.92 Å². The van der Waals surface area contributed by atoms with Crippen LogP contribution in [0.1, 0.15) is 44.1 Å². The second-order valence-corrected chi connectivity index (χ2v) is 7.42. The summed E-state index contributed by atoms with van der Waals surface area (Å²) >= 11 is 0. The molecule has 0 amide bonds. The Bertz CT molecular complexity index is 605. The summed E-state index contributed by atoms with van der Waals surface area (Å²) in [5.41, 5.74) is 0.689. The lowest BCUT2D eigenvalue weighted by atomic mass is 10.1. The van der Waals surface area contributed by atoms with Gasteiger partial charge in [0.15, 0.2) is 0 Å². The molecule has 124 valence electrons. The van der Waals surface area contributed by atoms with Gasteiger partial charge in [-0.2, -0.15) is 0 Å². The molecule has 1 aromatic carbocycles. The van der Waals surface area contributed by atoms with E-state index in [0.29, 0.717) is 17.1 Å². The lowest BCUT2D eigenvalue weighted by molar-refractivity contribution is 0.380. The average Bonchev–Trinajstić information content (AvgIpc) is 2.75. The SMILES string of the molecule is COc1ccc(S(=O)(=O)NC2CCCCCC2)c(OC)c1C. The fourth-order valence-corrected chi connectivity index (χ4v) is 4.54. The Hall–Kier alpha value is -1.27. The van der Waals surface area contributed by atoms with Crippen LogP contribution in [0.4, 0.5) is 0 Å². The fourth-order valence-electron chi connectivity index (χ4n) is 3.02. The molecular weight excluding hydrogens is 302 g/mol. The Morgan fingerprint density at radius 1 is 1.05 bits per heavy atom. The number of methoxy groups -OCH3 is 2. The van der Waals surface area contributed by atoms with Crippen molar-refractivity contribution in [2.75, 3.05) is 14.2 Å². The van der Waals surface area contributed by atoms with Gasteiger partial charge in [-0.25, -0.2) is 13.1 Å². The van der Waals surface area contributed by atoms with E-state index in [1.165, 1.54) is 20.0 Å². The molecule has 0 bridgehead atoms. The van der Waals surface area contributed by atoms with Gasteiger partial charge in [-0.05, 0) is 31.9 Å². The summed E-state index contributed by atoms with van der Waals surface area (Å²) in [4.78, 5) is 0.178. The van der Waals surface area contributed by atoms with Gasteiger partial charge in [0.1, 0.15) is 16.4 Å². The first-order chi connectivity index (χ1) is 10.5. The first-order valence-electron chi connectivity index (χ1n) is 7.73. The minimum Gasteiger partial charge on any atom is -0.496 e. The molecular formula is C16H25NO4S. The molecule has 0 aliphatic heterocycles. The Balaban J connectivity index is 2.30. The Kier molecular flexibility index (Phi) is 5.69. The lowest BCUT2D eigenvalue weighted by Gasteiger charge is -2.19. The van der Waals surface area contributed by atoms with Crippen molar-refractivity contribution in [2.24, 2.45) is 0 Å². The van der Waals surface area contributed by atoms with Gasteiger partial charge in [0.2, 0.25) is 10.0 Å². The summed E-state index contributed by atoms with van der Waals surface area (Å²) in [6.07, 6.45) is 6.32. The molecule has 22 heavy (non-hydrogen) atoms. The van der Waals surface area contributed by atoms with E-state index in [0.717, 1.165) is 25.7 Å². The van der Waals surface area contributed by atoms with E-state index in [1.807, 2.05) is 0 Å². The van der Waals surface area contributed by atoms with Crippen LogP contribution in [-0.4, -0.2) is 28.7 Å². The highest BCUT2D eigenvalue weighted by molar-refractivity contribution is 7.89. The quantitative estimate of drug-likeness (QED) is 0.844. The largest absolute Gasteiger partial charge is 0.496 e. The third-order valence-electron chi connectivity index (χ3n) is 4.21. The van der Waals surface area contributed by atoms with E-state index in [9.17, 15) is 8.42 Å². The highest BCUT2D eigenvalue weighted by Gasteiger charge is 2.26. The second kappa shape index (κ2) is 7.33. The number of benzene rings is 1. The van der Waals surface area contributed by atoms with Crippen molar-refractivity contribution in [1.82, 2.24) is 4.72 Å². The third-order valence-corrected chi connectivity index (χ3v) is 5.75. The van der Waals surface area contributed by atoms with Crippen molar-refractivity contribution < 1.29 is 17.9 Å². The standard InChI is InChI=1S/C16H25NO4S/c1-12-14(20-2)10-11-15(16(12)21-3)22(18,19)17-13-8-6-4-5-7-9-13/h10-11,13,17H,4-9H2,1-3H3. The molecule has 1 N–H and O–H groups in total. The normalized spacial score (nSPS) is 17.0. The minimum atomic E-state index is -3.60. The highest BCUT2D eigenvalue weighted by atomic mass is 32.2. The average molecular weight is 327 g/mol. The predicted molar refractivity (Wildman–Crippen MR) is 86.1 cm³/mol. The van der Waals surface area contributed by atoms with Crippen LogP contribution in [0.15, 0.2) is 17.0 Å². The maximum absolute atomic E-state index is 12.7. The summed E-state index contributed by atoms with van der Waals surface area (Å²) in [5, 5.41) is 0. The van der Waals surface area contributed by atoms with E-state index >= 15 is 0 Å². The summed E-state index contributed by atoms with van der Waals surface area (Å²) in [6, 6.07) is 3.23. The minimum absolute atomic E-state index is 0.0135. The third kappa shape index (κ3) is 3.73. The number of ether oxygens (including phenoxy) is 2. The molecule has 6 heteroatoms. The molecule has 5 nitrogen and oxygen atoms in total. The van der Waals surface area contributed by atoms with Crippen LogP contribution >= 0.6 is 0 Å². The summed E-state index contributed by atoms with van der Waals surface area (Å²) in [6.45, 7) is 1.79. The summed E-state index contributed by atoms with van der Waals surface area (Å²) < 4.78 is 38.8. The van der Waals surface area contributed by atoms with Crippen molar-refractivity contribution in [3.63, 3.8) is 0 Å². The Labute approximate surface area is 133 Å². The number of nitrogens with one attached hydrogen (secondary N) is 1. The molecule has 1 aliphatic rings. The van der Waals surface area contributed by atoms with Gasteiger partial charge in [-0.15, -0.1) is 0 Å². The van der Waals surface area contributed by atoms with Gasteiger partial charge < -0.3 is 9.47 Å². The van der Waals surface area contributed by atoms with Crippen LogP contribution in [-0.2, 0) is 10.0 Å². The lowest BCUT2D eigenvalue weighted by Crippen LogP contribution is -2.34. The van der Waals surface area contributed by atoms with E-state index in [1.54, 1.807) is 26.2 Å². The molecule has 0 radical (unpaired) electrons. The molecule has 0 spiro atoms. The first kappa shape index (κ1) is 17.1. The zero-order valence-corrected chi connectivity index (χ0v) is 14.3. The van der Waals surface area contributed by atoms with Crippen LogP contribution in [0.3, 0.4) is 0 Å². The van der Waals surface area contributed by atoms with Crippen molar-refractivity contribution in [2.45, 2.75) is 56.4 Å². The maximum atomic E-state index is 12.7. The van der Waals surface area contributed by atoms with Crippen molar-refractivity contribution >= 4 is 10.0 Å². The molecule has 1 fully saturated rings. The number of sulfonamides is 1. The summed E-state index contributed by atoms with van der Waals surface area (Å²) in [5.74, 6) is 0.964. The number of rotatable bonds is 5. The molecule has 2 rings (SSSR count). The second-order valence-electron chi connectivity index (χ2n) is 5.73. The van der Waals surface area contributed by atoms with E-state index < -0.39 is 10.0 Å². The summed E-state index contributed by atoms with van der Waals surface area (Å²) in [7, 11) is -0.563. The maximum Gasteiger partial charge on any atom is 0.244 e. The van der Waals surface area contributed by atoms with E-state index in [4.69, 9.17) is 9.47 Å². The van der Waals surface area contributed by atoms with Gasteiger partial charge in [0.05, 0.1) is 14.2 Å².